The number of nitrogens with one attached hydrogen (secondary N) is 1. The first-order valence-electron chi connectivity index (χ1n) is 7.16. The maximum atomic E-state index is 12.0. The number of hydrogen-bond acceptors (Lipinski definition) is 4. The number of para-hydroxylation sites is 1. The van der Waals surface area contributed by atoms with Crippen LogP contribution in [-0.4, -0.2) is 35.4 Å². The Morgan fingerprint density at radius 2 is 2.18 bits per heavy atom. The molecule has 2 aromatic heterocycles. The first-order chi connectivity index (χ1) is 10.7. The minimum atomic E-state index is 0.00668. The second-order valence-electron chi connectivity index (χ2n) is 5.11. The van der Waals surface area contributed by atoms with Crippen molar-refractivity contribution < 1.29 is 4.79 Å². The first-order valence-corrected chi connectivity index (χ1v) is 8.04. The molecule has 1 aromatic carbocycles. The van der Waals surface area contributed by atoms with Crippen LogP contribution in [0, 0.1) is 0 Å². The zero-order valence-corrected chi connectivity index (χ0v) is 13.2. The molecule has 2 heterocycles. The molecule has 0 spiro atoms. The monoisotopic (exact) mass is 314 g/mol. The number of amides is 1. The van der Waals surface area contributed by atoms with Crippen molar-refractivity contribution in [2.45, 2.75) is 6.42 Å². The van der Waals surface area contributed by atoms with Gasteiger partial charge < -0.3 is 10.2 Å². The second kappa shape index (κ2) is 6.62. The molecule has 5 nitrogen and oxygen atoms in total. The van der Waals surface area contributed by atoms with E-state index in [-0.39, 0.29) is 5.91 Å². The SMILES string of the molecule is CN(CCNC(=O)Cc1cn2ccsc2n1)c1ccccc1. The zero-order valence-electron chi connectivity index (χ0n) is 12.4. The summed E-state index contributed by atoms with van der Waals surface area (Å²) in [6.45, 7) is 1.39. The van der Waals surface area contributed by atoms with Crippen molar-refractivity contribution in [1.82, 2.24) is 14.7 Å². The lowest BCUT2D eigenvalue weighted by Gasteiger charge is -2.19. The molecule has 0 atom stereocenters. The highest BCUT2D eigenvalue weighted by atomic mass is 32.1. The van der Waals surface area contributed by atoms with E-state index in [1.54, 1.807) is 11.3 Å². The Kier molecular flexibility index (Phi) is 4.39. The van der Waals surface area contributed by atoms with Gasteiger partial charge in [0.2, 0.25) is 5.91 Å². The summed E-state index contributed by atoms with van der Waals surface area (Å²) < 4.78 is 1.94. The van der Waals surface area contributed by atoms with Gasteiger partial charge in [0, 0.05) is 43.6 Å². The largest absolute Gasteiger partial charge is 0.373 e. The van der Waals surface area contributed by atoms with Crippen LogP contribution in [-0.2, 0) is 11.2 Å². The number of aromatic nitrogens is 2. The highest BCUT2D eigenvalue weighted by Crippen LogP contribution is 2.12. The lowest BCUT2D eigenvalue weighted by Crippen LogP contribution is -2.33. The Balaban J connectivity index is 1.45. The number of nitrogens with zero attached hydrogens (tertiary/aromatic N) is 3. The van der Waals surface area contributed by atoms with Crippen LogP contribution in [0.15, 0.2) is 48.1 Å². The molecule has 0 aliphatic heterocycles. The fourth-order valence-corrected chi connectivity index (χ4v) is 2.98. The molecule has 1 amide bonds. The molecule has 0 aliphatic carbocycles. The van der Waals surface area contributed by atoms with Gasteiger partial charge in [-0.2, -0.15) is 0 Å². The molecule has 0 radical (unpaired) electrons. The van der Waals surface area contributed by atoms with Crippen LogP contribution < -0.4 is 10.2 Å². The molecule has 0 saturated heterocycles. The maximum absolute atomic E-state index is 12.0. The van der Waals surface area contributed by atoms with Gasteiger partial charge in [0.1, 0.15) is 0 Å². The van der Waals surface area contributed by atoms with Gasteiger partial charge in [0.25, 0.3) is 0 Å². The van der Waals surface area contributed by atoms with E-state index in [9.17, 15) is 4.79 Å². The van der Waals surface area contributed by atoms with E-state index in [1.165, 1.54) is 0 Å². The zero-order chi connectivity index (χ0) is 15.4. The third kappa shape index (κ3) is 3.46. The van der Waals surface area contributed by atoms with Gasteiger partial charge in [0.05, 0.1) is 12.1 Å². The molecular weight excluding hydrogens is 296 g/mol. The summed E-state index contributed by atoms with van der Waals surface area (Å²) >= 11 is 1.57. The number of carbonyl (C=O) groups excluding carboxylic acids is 1. The summed E-state index contributed by atoms with van der Waals surface area (Å²) in [5.41, 5.74) is 1.95. The number of thiazole rings is 1. The number of imidazole rings is 1. The first kappa shape index (κ1) is 14.6. The number of likely N-dealkylation sites (N-methyl/N-ethyl adjacent to an activating group) is 1. The molecule has 3 rings (SSSR count). The van der Waals surface area contributed by atoms with Gasteiger partial charge in [-0.15, -0.1) is 11.3 Å². The minimum absolute atomic E-state index is 0.00668. The number of fused-ring (bicyclic) bond motifs is 1. The van der Waals surface area contributed by atoms with E-state index in [4.69, 9.17) is 0 Å². The summed E-state index contributed by atoms with van der Waals surface area (Å²) in [4.78, 5) is 19.4. The quantitative estimate of drug-likeness (QED) is 0.759. The Labute approximate surface area is 133 Å². The molecule has 114 valence electrons. The van der Waals surface area contributed by atoms with Crippen molar-refractivity contribution in [3.8, 4) is 0 Å². The molecule has 3 aromatic rings. The lowest BCUT2D eigenvalue weighted by molar-refractivity contribution is -0.120. The molecule has 6 heteroatoms. The van der Waals surface area contributed by atoms with E-state index in [2.05, 4.69) is 27.3 Å². The summed E-state index contributed by atoms with van der Waals surface area (Å²) in [6, 6.07) is 10.1. The standard InChI is InChI=1S/C16H18N4OS/c1-19(14-5-3-2-4-6-14)8-7-17-15(21)11-13-12-20-9-10-22-16(20)18-13/h2-6,9-10,12H,7-8,11H2,1H3,(H,17,21). The topological polar surface area (TPSA) is 49.6 Å². The Hall–Kier alpha value is -2.34. The fourth-order valence-electron chi connectivity index (χ4n) is 2.26. The Bertz CT molecular complexity index is 721. The molecule has 0 bridgehead atoms. The van der Waals surface area contributed by atoms with Crippen LogP contribution in [0.25, 0.3) is 4.96 Å². The average Bonchev–Trinajstić information content (AvgIpc) is 3.09. The number of carbonyl (C=O) groups is 1. The van der Waals surface area contributed by atoms with E-state index < -0.39 is 0 Å². The van der Waals surface area contributed by atoms with Gasteiger partial charge in [-0.25, -0.2) is 4.98 Å². The molecule has 22 heavy (non-hydrogen) atoms. The third-order valence-corrected chi connectivity index (χ3v) is 4.22. The van der Waals surface area contributed by atoms with Crippen molar-refractivity contribution in [2.24, 2.45) is 0 Å². The van der Waals surface area contributed by atoms with Crippen LogP contribution in [0.2, 0.25) is 0 Å². The molecule has 0 fully saturated rings. The fraction of sp³-hybridized carbons (Fsp3) is 0.250. The molecular formula is C16H18N4OS. The van der Waals surface area contributed by atoms with E-state index in [0.29, 0.717) is 13.0 Å². The lowest BCUT2D eigenvalue weighted by atomic mass is 10.3. The maximum Gasteiger partial charge on any atom is 0.226 e. The number of benzene rings is 1. The van der Waals surface area contributed by atoms with Crippen molar-refractivity contribution in [3.05, 3.63) is 53.8 Å². The Morgan fingerprint density at radius 3 is 2.95 bits per heavy atom. The molecule has 0 saturated carbocycles. The average molecular weight is 314 g/mol. The van der Waals surface area contributed by atoms with Gasteiger partial charge in [-0.05, 0) is 12.1 Å². The summed E-state index contributed by atoms with van der Waals surface area (Å²) in [7, 11) is 2.02. The second-order valence-corrected chi connectivity index (χ2v) is 5.98. The van der Waals surface area contributed by atoms with Gasteiger partial charge in [0.15, 0.2) is 4.96 Å². The van der Waals surface area contributed by atoms with Crippen LogP contribution in [0.1, 0.15) is 5.69 Å². The highest BCUT2D eigenvalue weighted by Gasteiger charge is 2.08. The van der Waals surface area contributed by atoms with Crippen LogP contribution >= 0.6 is 11.3 Å². The van der Waals surface area contributed by atoms with Crippen molar-refractivity contribution in [3.63, 3.8) is 0 Å². The van der Waals surface area contributed by atoms with Gasteiger partial charge >= 0.3 is 0 Å². The summed E-state index contributed by atoms with van der Waals surface area (Å²) in [5, 5.41) is 4.92. The normalized spacial score (nSPS) is 10.8. The van der Waals surface area contributed by atoms with E-state index in [0.717, 1.165) is 22.9 Å². The van der Waals surface area contributed by atoms with E-state index >= 15 is 0 Å². The van der Waals surface area contributed by atoms with Crippen LogP contribution in [0.5, 0.6) is 0 Å². The predicted molar refractivity (Wildman–Crippen MR) is 89.5 cm³/mol. The number of rotatable bonds is 6. The molecule has 0 unspecified atom stereocenters. The van der Waals surface area contributed by atoms with Crippen LogP contribution in [0.4, 0.5) is 5.69 Å². The van der Waals surface area contributed by atoms with Crippen molar-refractivity contribution in [1.29, 1.82) is 0 Å². The van der Waals surface area contributed by atoms with Crippen molar-refractivity contribution in [2.75, 3.05) is 25.0 Å². The third-order valence-electron chi connectivity index (χ3n) is 3.45. The number of anilines is 1. The smallest absolute Gasteiger partial charge is 0.226 e. The van der Waals surface area contributed by atoms with Gasteiger partial charge in [-0.3, -0.25) is 9.20 Å². The van der Waals surface area contributed by atoms with Crippen LogP contribution in [0.3, 0.4) is 0 Å². The number of hydrogen-bond donors (Lipinski definition) is 1. The van der Waals surface area contributed by atoms with Gasteiger partial charge in [-0.1, -0.05) is 18.2 Å². The summed E-state index contributed by atoms with van der Waals surface area (Å²) in [6.07, 6.45) is 4.17. The minimum Gasteiger partial charge on any atom is -0.373 e. The Morgan fingerprint density at radius 1 is 1.36 bits per heavy atom. The van der Waals surface area contributed by atoms with E-state index in [1.807, 2.05) is 47.4 Å². The predicted octanol–water partition coefficient (Wildman–Crippen LogP) is 2.19. The summed E-state index contributed by atoms with van der Waals surface area (Å²) in [5.74, 6) is 0.00668. The molecule has 0 aliphatic rings. The highest BCUT2D eigenvalue weighted by molar-refractivity contribution is 7.15. The molecule has 1 N–H and O–H groups in total. The van der Waals surface area contributed by atoms with Crippen molar-refractivity contribution >= 4 is 27.9 Å².